The summed E-state index contributed by atoms with van der Waals surface area (Å²) in [6.07, 6.45) is 0.250. The molecular formula is C22H25FO5S2. The molecule has 0 aliphatic carbocycles. The Kier molecular flexibility index (Phi) is 13.9. The molecule has 0 amide bonds. The van der Waals surface area contributed by atoms with E-state index in [1.165, 1.54) is 34.7 Å². The van der Waals surface area contributed by atoms with Gasteiger partial charge in [-0.2, -0.15) is 22.2 Å². The van der Waals surface area contributed by atoms with Crippen LogP contribution in [0.15, 0.2) is 42.5 Å². The molecule has 1 heterocycles. The summed E-state index contributed by atoms with van der Waals surface area (Å²) >= 11 is 5.50. The maximum absolute atomic E-state index is 12.9. The number of ether oxygens (including phenoxy) is 2. The summed E-state index contributed by atoms with van der Waals surface area (Å²) in [6.45, 7) is 6.03. The van der Waals surface area contributed by atoms with E-state index in [1.54, 1.807) is 25.1 Å². The molecule has 0 bridgehead atoms. The molecule has 0 saturated heterocycles. The summed E-state index contributed by atoms with van der Waals surface area (Å²) in [5.41, 5.74) is 2.00. The number of esters is 1. The molecule has 1 aromatic heterocycles. The number of thiol groups is 1. The zero-order chi connectivity index (χ0) is 23.1. The highest BCUT2D eigenvalue weighted by molar-refractivity contribution is 7.81. The number of hydrogen-bond acceptors (Lipinski definition) is 7. The number of carbonyl (C=O) groups excluding carboxylic acids is 3. The molecular weight excluding hydrogens is 427 g/mol. The number of methoxy groups -OCH3 is 2. The molecule has 5 nitrogen and oxygen atoms in total. The first kappa shape index (κ1) is 27.3. The van der Waals surface area contributed by atoms with Crippen LogP contribution in [-0.4, -0.2) is 32.1 Å². The number of hydrogen-bond donors (Lipinski definition) is 1. The van der Waals surface area contributed by atoms with Crippen LogP contribution in [0, 0.1) is 26.6 Å². The van der Waals surface area contributed by atoms with Gasteiger partial charge in [0.1, 0.15) is 0 Å². The van der Waals surface area contributed by atoms with E-state index in [-0.39, 0.29) is 23.7 Å². The van der Waals surface area contributed by atoms with Gasteiger partial charge in [0.05, 0.1) is 20.0 Å². The van der Waals surface area contributed by atoms with E-state index in [0.29, 0.717) is 11.3 Å². The minimum atomic E-state index is -0.293. The van der Waals surface area contributed by atoms with Crippen molar-refractivity contribution in [1.82, 2.24) is 0 Å². The molecule has 0 aliphatic rings. The van der Waals surface area contributed by atoms with Crippen molar-refractivity contribution in [2.45, 2.75) is 20.8 Å². The molecule has 0 unspecified atom stereocenters. The molecule has 3 rings (SSSR count). The average molecular weight is 453 g/mol. The van der Waals surface area contributed by atoms with Crippen molar-refractivity contribution in [3.63, 3.8) is 0 Å². The first-order valence-electron chi connectivity index (χ1n) is 8.67. The number of carbonyl (C=O) groups is 1. The van der Waals surface area contributed by atoms with Crippen LogP contribution in [0.3, 0.4) is 0 Å². The number of fused-ring (bicyclic) bond motifs is 1. The standard InChI is InChI=1S/C10H10S.C8H9FO.C3H6O2S.CO2/c1-7-4-3-5-9-6-8(2)11-10(7)9;1-6-4-3-5-7(10-2)8(6)9;1-5-3(4)2-6;2-1-3/h3-6H,1-2H3;3-5H,1-2H3;6H,2H2,1H3;. The van der Waals surface area contributed by atoms with E-state index < -0.39 is 0 Å². The van der Waals surface area contributed by atoms with Crippen LogP contribution in [-0.2, 0) is 19.1 Å². The molecule has 162 valence electrons. The van der Waals surface area contributed by atoms with E-state index in [9.17, 15) is 9.18 Å². The normalized spacial score (nSPS) is 8.90. The summed E-state index contributed by atoms with van der Waals surface area (Å²) in [7, 11) is 2.79. The fourth-order valence-electron chi connectivity index (χ4n) is 2.18. The lowest BCUT2D eigenvalue weighted by atomic mass is 10.2. The van der Waals surface area contributed by atoms with Crippen LogP contribution in [0.25, 0.3) is 10.1 Å². The van der Waals surface area contributed by atoms with Gasteiger partial charge in [0.2, 0.25) is 0 Å². The van der Waals surface area contributed by atoms with Gasteiger partial charge >= 0.3 is 12.1 Å². The Morgan fingerprint density at radius 1 is 1.07 bits per heavy atom. The summed E-state index contributed by atoms with van der Waals surface area (Å²) in [5.74, 6) is -0.0976. The molecule has 0 fully saturated rings. The Labute approximate surface area is 185 Å². The molecule has 0 aliphatic heterocycles. The lowest BCUT2D eigenvalue weighted by Gasteiger charge is -2.01. The number of rotatable bonds is 2. The topological polar surface area (TPSA) is 69.7 Å². The number of benzene rings is 2. The van der Waals surface area contributed by atoms with Gasteiger partial charge in [-0.3, -0.25) is 4.79 Å². The zero-order valence-corrected chi connectivity index (χ0v) is 19.2. The molecule has 0 spiro atoms. The van der Waals surface area contributed by atoms with E-state index in [2.05, 4.69) is 55.5 Å². The third kappa shape index (κ3) is 9.69. The van der Waals surface area contributed by atoms with Crippen molar-refractivity contribution >= 4 is 46.2 Å². The van der Waals surface area contributed by atoms with Gasteiger partial charge in [-0.05, 0) is 49.4 Å². The Hall–Kier alpha value is -2.67. The van der Waals surface area contributed by atoms with Crippen LogP contribution in [0.1, 0.15) is 16.0 Å². The SMILES string of the molecule is COC(=O)CS.COc1cccc(C)c1F.Cc1cc2cccc(C)c2s1.O=C=O. The Morgan fingerprint density at radius 2 is 1.63 bits per heavy atom. The van der Waals surface area contributed by atoms with Crippen molar-refractivity contribution in [2.75, 3.05) is 20.0 Å². The predicted molar refractivity (Wildman–Crippen MR) is 120 cm³/mol. The lowest BCUT2D eigenvalue weighted by molar-refractivity contribution is -0.191. The largest absolute Gasteiger partial charge is 0.494 e. The Bertz CT molecular complexity index is 957. The minimum Gasteiger partial charge on any atom is -0.494 e. The summed E-state index contributed by atoms with van der Waals surface area (Å²) in [5, 5.41) is 1.38. The van der Waals surface area contributed by atoms with E-state index in [0.717, 1.165) is 0 Å². The minimum absolute atomic E-state index is 0.163. The van der Waals surface area contributed by atoms with E-state index >= 15 is 0 Å². The Balaban J connectivity index is 0.000000410. The summed E-state index contributed by atoms with van der Waals surface area (Å²) < 4.78 is 23.2. The van der Waals surface area contributed by atoms with Crippen molar-refractivity contribution < 1.29 is 28.2 Å². The summed E-state index contributed by atoms with van der Waals surface area (Å²) in [4.78, 5) is 27.5. The molecule has 30 heavy (non-hydrogen) atoms. The van der Waals surface area contributed by atoms with Gasteiger partial charge in [0, 0.05) is 9.58 Å². The highest BCUT2D eigenvalue weighted by atomic mass is 32.1. The van der Waals surface area contributed by atoms with Gasteiger partial charge < -0.3 is 9.47 Å². The maximum atomic E-state index is 12.9. The monoisotopic (exact) mass is 452 g/mol. The second-order valence-corrected chi connectivity index (χ2v) is 7.33. The average Bonchev–Trinajstić information content (AvgIpc) is 3.13. The second-order valence-electron chi connectivity index (χ2n) is 5.76. The number of halogens is 1. The van der Waals surface area contributed by atoms with Crippen LogP contribution < -0.4 is 4.74 Å². The van der Waals surface area contributed by atoms with Gasteiger partial charge in [0.25, 0.3) is 0 Å². The van der Waals surface area contributed by atoms with Crippen molar-refractivity contribution in [1.29, 1.82) is 0 Å². The second kappa shape index (κ2) is 15.2. The smallest absolute Gasteiger partial charge is 0.373 e. The molecule has 0 N–H and O–H groups in total. The lowest BCUT2D eigenvalue weighted by Crippen LogP contribution is -1.99. The molecule has 3 aromatic rings. The summed E-state index contributed by atoms with van der Waals surface area (Å²) in [6, 6.07) is 13.8. The first-order chi connectivity index (χ1) is 14.2. The Morgan fingerprint density at radius 3 is 2.07 bits per heavy atom. The van der Waals surface area contributed by atoms with Crippen molar-refractivity contribution in [2.24, 2.45) is 0 Å². The van der Waals surface area contributed by atoms with Crippen molar-refractivity contribution in [3.8, 4) is 5.75 Å². The third-order valence-electron chi connectivity index (χ3n) is 3.60. The van der Waals surface area contributed by atoms with E-state index in [4.69, 9.17) is 14.3 Å². The fraction of sp³-hybridized carbons (Fsp3) is 0.273. The van der Waals surface area contributed by atoms with Crippen molar-refractivity contribution in [3.05, 3.63) is 64.3 Å². The molecule has 0 saturated carbocycles. The van der Waals surface area contributed by atoms with Crippen LogP contribution in [0.4, 0.5) is 4.39 Å². The zero-order valence-electron chi connectivity index (χ0n) is 17.5. The number of thiophene rings is 1. The first-order valence-corrected chi connectivity index (χ1v) is 10.1. The van der Waals surface area contributed by atoms with Crippen LogP contribution >= 0.6 is 24.0 Å². The maximum Gasteiger partial charge on any atom is 0.373 e. The van der Waals surface area contributed by atoms with Gasteiger partial charge in [-0.25, -0.2) is 4.39 Å². The molecule has 8 heteroatoms. The third-order valence-corrected chi connectivity index (χ3v) is 5.06. The van der Waals surface area contributed by atoms with E-state index in [1.807, 2.05) is 11.3 Å². The van der Waals surface area contributed by atoms with Gasteiger partial charge in [0.15, 0.2) is 11.6 Å². The van der Waals surface area contributed by atoms with Gasteiger partial charge in [-0.1, -0.05) is 30.3 Å². The molecule has 0 radical (unpaired) electrons. The highest BCUT2D eigenvalue weighted by Crippen LogP contribution is 2.27. The quantitative estimate of drug-likeness (QED) is 0.429. The molecule has 0 atom stereocenters. The van der Waals surface area contributed by atoms with Crippen LogP contribution in [0.5, 0.6) is 5.75 Å². The number of aryl methyl sites for hydroxylation is 3. The highest BCUT2D eigenvalue weighted by Gasteiger charge is 2.02. The van der Waals surface area contributed by atoms with Crippen LogP contribution in [0.2, 0.25) is 0 Å². The molecule has 2 aromatic carbocycles. The van der Waals surface area contributed by atoms with Gasteiger partial charge in [-0.15, -0.1) is 11.3 Å². The fourth-order valence-corrected chi connectivity index (χ4v) is 3.29. The predicted octanol–water partition coefficient (Wildman–Crippen LogP) is 5.17.